The van der Waals surface area contributed by atoms with E-state index in [0.29, 0.717) is 21.9 Å². The van der Waals surface area contributed by atoms with Gasteiger partial charge in [0.1, 0.15) is 11.5 Å². The summed E-state index contributed by atoms with van der Waals surface area (Å²) in [7, 11) is 0. The molecule has 0 radical (unpaired) electrons. The highest BCUT2D eigenvalue weighted by Crippen LogP contribution is 2.31. The zero-order valence-corrected chi connectivity index (χ0v) is 12.0. The first-order valence-corrected chi connectivity index (χ1v) is 6.51. The van der Waals surface area contributed by atoms with Crippen molar-refractivity contribution < 1.29 is 9.84 Å². The Kier molecular flexibility index (Phi) is 4.29. The van der Waals surface area contributed by atoms with E-state index in [0.717, 1.165) is 16.9 Å². The number of halogens is 1. The van der Waals surface area contributed by atoms with Gasteiger partial charge >= 0.3 is 0 Å². The molecule has 0 atom stereocenters. The predicted molar refractivity (Wildman–Crippen MR) is 78.1 cm³/mol. The molecule has 3 nitrogen and oxygen atoms in total. The molecular formula is C16H14ClNO2. The van der Waals surface area contributed by atoms with Crippen molar-refractivity contribution in [3.63, 3.8) is 0 Å². The highest BCUT2D eigenvalue weighted by molar-refractivity contribution is 6.31. The molecule has 0 spiro atoms. The van der Waals surface area contributed by atoms with Gasteiger partial charge in [0.2, 0.25) is 0 Å². The fourth-order valence-electron chi connectivity index (χ4n) is 2.01. The quantitative estimate of drug-likeness (QED) is 0.924. The van der Waals surface area contributed by atoms with Crippen LogP contribution in [0.3, 0.4) is 0 Å². The van der Waals surface area contributed by atoms with Crippen LogP contribution < -0.4 is 4.74 Å². The number of aliphatic hydroxyl groups excluding tert-OH is 1. The minimum Gasteiger partial charge on any atom is -0.457 e. The summed E-state index contributed by atoms with van der Waals surface area (Å²) in [5, 5.41) is 18.5. The topological polar surface area (TPSA) is 53.2 Å². The molecule has 0 aliphatic rings. The van der Waals surface area contributed by atoms with Crippen LogP contribution in [0.1, 0.15) is 22.3 Å². The lowest BCUT2D eigenvalue weighted by molar-refractivity contribution is 0.282. The lowest BCUT2D eigenvalue weighted by atomic mass is 10.1. The minimum atomic E-state index is -0.103. The number of aryl methyl sites for hydroxylation is 2. The number of rotatable bonds is 3. The van der Waals surface area contributed by atoms with Gasteiger partial charge in [0.05, 0.1) is 18.2 Å². The van der Waals surface area contributed by atoms with E-state index in [1.54, 1.807) is 30.3 Å². The fraction of sp³-hybridized carbons (Fsp3) is 0.188. The van der Waals surface area contributed by atoms with E-state index in [4.69, 9.17) is 26.7 Å². The summed E-state index contributed by atoms with van der Waals surface area (Å²) in [6.07, 6.45) is 0. The molecule has 4 heteroatoms. The standard InChI is InChI=1S/C16H14ClNO2/c1-10-5-12(8-18)6-11(2)16(10)20-14-4-3-13(9-19)15(17)7-14/h3-7,19H,9H2,1-2H3. The third-order valence-corrected chi connectivity index (χ3v) is 3.36. The maximum Gasteiger partial charge on any atom is 0.133 e. The van der Waals surface area contributed by atoms with Crippen molar-refractivity contribution in [3.05, 3.63) is 57.6 Å². The lowest BCUT2D eigenvalue weighted by Gasteiger charge is -2.13. The Balaban J connectivity index is 2.35. The van der Waals surface area contributed by atoms with Crippen molar-refractivity contribution in [1.82, 2.24) is 0 Å². The number of ether oxygens (including phenoxy) is 1. The third kappa shape index (κ3) is 2.93. The summed E-state index contributed by atoms with van der Waals surface area (Å²) in [5.74, 6) is 1.32. The van der Waals surface area contributed by atoms with Gasteiger partial charge in [-0.15, -0.1) is 0 Å². The molecule has 0 aliphatic heterocycles. The van der Waals surface area contributed by atoms with Crippen LogP contribution in [0.4, 0.5) is 0 Å². The summed E-state index contributed by atoms with van der Waals surface area (Å²) >= 11 is 6.04. The fourth-order valence-corrected chi connectivity index (χ4v) is 2.24. The molecule has 2 rings (SSSR count). The van der Waals surface area contributed by atoms with Crippen molar-refractivity contribution >= 4 is 11.6 Å². The number of hydrogen-bond acceptors (Lipinski definition) is 3. The SMILES string of the molecule is Cc1cc(C#N)cc(C)c1Oc1ccc(CO)c(Cl)c1. The highest BCUT2D eigenvalue weighted by Gasteiger charge is 2.09. The largest absolute Gasteiger partial charge is 0.457 e. The van der Waals surface area contributed by atoms with Crippen LogP contribution in [0, 0.1) is 25.2 Å². The van der Waals surface area contributed by atoms with Gasteiger partial charge in [-0.3, -0.25) is 0 Å². The molecule has 0 aliphatic carbocycles. The molecule has 0 aromatic heterocycles. The summed E-state index contributed by atoms with van der Waals surface area (Å²) in [5.41, 5.74) is 3.06. The first-order chi connectivity index (χ1) is 9.55. The smallest absolute Gasteiger partial charge is 0.133 e. The summed E-state index contributed by atoms with van der Waals surface area (Å²) in [6.45, 7) is 3.69. The Morgan fingerprint density at radius 3 is 2.35 bits per heavy atom. The second kappa shape index (κ2) is 5.96. The van der Waals surface area contributed by atoms with Gasteiger partial charge in [-0.05, 0) is 54.8 Å². The van der Waals surface area contributed by atoms with E-state index in [9.17, 15) is 0 Å². The van der Waals surface area contributed by atoms with Crippen molar-refractivity contribution in [2.45, 2.75) is 20.5 Å². The maximum absolute atomic E-state index is 9.09. The zero-order chi connectivity index (χ0) is 14.7. The van der Waals surface area contributed by atoms with Crippen molar-refractivity contribution in [2.24, 2.45) is 0 Å². The van der Waals surface area contributed by atoms with Gasteiger partial charge in [-0.1, -0.05) is 17.7 Å². The number of hydrogen-bond donors (Lipinski definition) is 1. The molecule has 20 heavy (non-hydrogen) atoms. The van der Waals surface area contributed by atoms with Crippen LogP contribution in [0.2, 0.25) is 5.02 Å². The molecule has 2 aromatic rings. The van der Waals surface area contributed by atoms with Crippen LogP contribution in [-0.2, 0) is 6.61 Å². The number of nitrogens with zero attached hydrogens (tertiary/aromatic N) is 1. The molecule has 0 amide bonds. The molecule has 0 bridgehead atoms. The van der Waals surface area contributed by atoms with E-state index >= 15 is 0 Å². The Labute approximate surface area is 123 Å². The molecule has 0 unspecified atom stereocenters. The van der Waals surface area contributed by atoms with Crippen LogP contribution in [0.25, 0.3) is 0 Å². The molecule has 0 saturated carbocycles. The molecule has 2 aromatic carbocycles. The summed E-state index contributed by atoms with van der Waals surface area (Å²) in [4.78, 5) is 0. The normalized spacial score (nSPS) is 10.2. The Morgan fingerprint density at radius 1 is 1.20 bits per heavy atom. The first kappa shape index (κ1) is 14.4. The number of benzene rings is 2. The van der Waals surface area contributed by atoms with Crippen LogP contribution >= 0.6 is 11.6 Å². The van der Waals surface area contributed by atoms with Crippen LogP contribution in [0.5, 0.6) is 11.5 Å². The van der Waals surface area contributed by atoms with Gasteiger partial charge in [0, 0.05) is 5.02 Å². The van der Waals surface area contributed by atoms with Gasteiger partial charge in [0.25, 0.3) is 0 Å². The Morgan fingerprint density at radius 2 is 1.85 bits per heavy atom. The number of aliphatic hydroxyl groups is 1. The first-order valence-electron chi connectivity index (χ1n) is 6.13. The van der Waals surface area contributed by atoms with Crippen molar-refractivity contribution in [1.29, 1.82) is 5.26 Å². The Hall–Kier alpha value is -2.02. The second-order valence-corrected chi connectivity index (χ2v) is 4.97. The monoisotopic (exact) mass is 287 g/mol. The number of nitriles is 1. The van der Waals surface area contributed by atoms with Gasteiger partial charge in [-0.25, -0.2) is 0 Å². The third-order valence-electron chi connectivity index (χ3n) is 3.00. The van der Waals surface area contributed by atoms with Gasteiger partial charge < -0.3 is 9.84 Å². The van der Waals surface area contributed by atoms with Crippen molar-refractivity contribution in [3.8, 4) is 17.6 Å². The average molecular weight is 288 g/mol. The lowest BCUT2D eigenvalue weighted by Crippen LogP contribution is -1.93. The molecule has 0 heterocycles. The molecule has 1 N–H and O–H groups in total. The van der Waals surface area contributed by atoms with E-state index in [2.05, 4.69) is 6.07 Å². The zero-order valence-electron chi connectivity index (χ0n) is 11.3. The van der Waals surface area contributed by atoms with Crippen LogP contribution in [-0.4, -0.2) is 5.11 Å². The molecular weight excluding hydrogens is 274 g/mol. The Bertz CT molecular complexity index is 666. The van der Waals surface area contributed by atoms with E-state index in [-0.39, 0.29) is 6.61 Å². The van der Waals surface area contributed by atoms with Gasteiger partial charge in [0.15, 0.2) is 0 Å². The molecule has 102 valence electrons. The van der Waals surface area contributed by atoms with E-state index < -0.39 is 0 Å². The predicted octanol–water partition coefficient (Wildman–Crippen LogP) is 4.11. The van der Waals surface area contributed by atoms with Gasteiger partial charge in [-0.2, -0.15) is 5.26 Å². The summed E-state index contributed by atoms with van der Waals surface area (Å²) in [6, 6.07) is 10.8. The van der Waals surface area contributed by atoms with E-state index in [1.807, 2.05) is 13.8 Å². The summed E-state index contributed by atoms with van der Waals surface area (Å²) < 4.78 is 5.84. The van der Waals surface area contributed by atoms with Crippen LogP contribution in [0.15, 0.2) is 30.3 Å². The van der Waals surface area contributed by atoms with Crippen molar-refractivity contribution in [2.75, 3.05) is 0 Å². The minimum absolute atomic E-state index is 0.103. The maximum atomic E-state index is 9.09. The average Bonchev–Trinajstić information content (AvgIpc) is 2.42. The second-order valence-electron chi connectivity index (χ2n) is 4.56. The molecule has 0 saturated heterocycles. The van der Waals surface area contributed by atoms with E-state index in [1.165, 1.54) is 0 Å². The highest BCUT2D eigenvalue weighted by atomic mass is 35.5. The molecule has 0 fully saturated rings.